The maximum Gasteiger partial charge on any atom is 0.227 e. The van der Waals surface area contributed by atoms with Crippen LogP contribution in [0.5, 0.6) is 0 Å². The third-order valence-corrected chi connectivity index (χ3v) is 6.60. The number of halogens is 1. The van der Waals surface area contributed by atoms with E-state index in [1.54, 1.807) is 30.7 Å². The average Bonchev–Trinajstić information content (AvgIpc) is 3.55. The molecule has 7 rings (SSSR count). The molecular weight excluding hydrogens is 469 g/mol. The summed E-state index contributed by atoms with van der Waals surface area (Å²) in [7, 11) is 0. The third-order valence-electron chi connectivity index (χ3n) is 6.60. The summed E-state index contributed by atoms with van der Waals surface area (Å²) in [5.74, 6) is 0.392. The smallest absolute Gasteiger partial charge is 0.227 e. The Bertz CT molecular complexity index is 1820. The Morgan fingerprint density at radius 1 is 0.973 bits per heavy atom. The molecule has 0 saturated heterocycles. The van der Waals surface area contributed by atoms with Crippen LogP contribution in [0, 0.1) is 11.7 Å². The molecule has 4 heterocycles. The lowest BCUT2D eigenvalue weighted by atomic mass is 10.0. The van der Waals surface area contributed by atoms with Crippen molar-refractivity contribution in [3.63, 3.8) is 0 Å². The topological polar surface area (TPSA) is 112 Å². The van der Waals surface area contributed by atoms with Crippen molar-refractivity contribution in [3.8, 4) is 33.9 Å². The molecule has 1 saturated carbocycles. The summed E-state index contributed by atoms with van der Waals surface area (Å²) in [4.78, 5) is 29.2. The Kier molecular flexibility index (Phi) is 4.81. The lowest BCUT2D eigenvalue weighted by Gasteiger charge is -2.06. The molecule has 0 bridgehead atoms. The molecule has 4 aromatic heterocycles. The van der Waals surface area contributed by atoms with Crippen LogP contribution in [-0.4, -0.2) is 36.0 Å². The fourth-order valence-electron chi connectivity index (χ4n) is 4.53. The van der Waals surface area contributed by atoms with Crippen molar-refractivity contribution in [2.75, 3.05) is 5.32 Å². The molecule has 0 unspecified atom stereocenters. The summed E-state index contributed by atoms with van der Waals surface area (Å²) in [5.41, 5.74) is 6.12. The van der Waals surface area contributed by atoms with Crippen molar-refractivity contribution >= 4 is 33.5 Å². The van der Waals surface area contributed by atoms with Gasteiger partial charge in [-0.05, 0) is 37.1 Å². The van der Waals surface area contributed by atoms with Gasteiger partial charge in [0, 0.05) is 34.2 Å². The van der Waals surface area contributed by atoms with Gasteiger partial charge >= 0.3 is 0 Å². The quantitative estimate of drug-likeness (QED) is 0.287. The van der Waals surface area contributed by atoms with Gasteiger partial charge in [-0.2, -0.15) is 5.10 Å². The second kappa shape index (κ2) is 8.34. The molecule has 1 aliphatic rings. The van der Waals surface area contributed by atoms with E-state index in [-0.39, 0.29) is 17.6 Å². The molecule has 1 amide bonds. The summed E-state index contributed by atoms with van der Waals surface area (Å²) >= 11 is 0. The lowest BCUT2D eigenvalue weighted by molar-refractivity contribution is -0.117. The normalized spacial score (nSPS) is 13.3. The number of aromatic amines is 2. The highest BCUT2D eigenvalue weighted by Crippen LogP contribution is 2.34. The predicted molar refractivity (Wildman–Crippen MR) is 139 cm³/mol. The van der Waals surface area contributed by atoms with E-state index in [1.165, 1.54) is 6.07 Å². The van der Waals surface area contributed by atoms with Gasteiger partial charge in [-0.25, -0.2) is 9.37 Å². The number of carbonyl (C=O) groups is 1. The maximum absolute atomic E-state index is 14.5. The van der Waals surface area contributed by atoms with Gasteiger partial charge in [0.1, 0.15) is 11.5 Å². The molecule has 180 valence electrons. The van der Waals surface area contributed by atoms with Gasteiger partial charge in [0.05, 0.1) is 40.3 Å². The fraction of sp³-hybridized carbons (Fsp3) is 0.107. The molecule has 0 atom stereocenters. The number of benzene rings is 2. The zero-order chi connectivity index (χ0) is 24.9. The van der Waals surface area contributed by atoms with Crippen molar-refractivity contribution in [2.45, 2.75) is 12.8 Å². The van der Waals surface area contributed by atoms with Crippen molar-refractivity contribution in [3.05, 3.63) is 79.0 Å². The number of fused-ring (bicyclic) bond motifs is 2. The van der Waals surface area contributed by atoms with Gasteiger partial charge in [-0.1, -0.05) is 30.3 Å². The number of nitrogens with one attached hydrogen (secondary N) is 3. The summed E-state index contributed by atoms with van der Waals surface area (Å²) in [5, 5.41) is 11.3. The first-order chi connectivity index (χ1) is 18.1. The fourth-order valence-corrected chi connectivity index (χ4v) is 4.53. The van der Waals surface area contributed by atoms with Gasteiger partial charge in [0.25, 0.3) is 0 Å². The number of anilines is 1. The van der Waals surface area contributed by atoms with Gasteiger partial charge in [0.2, 0.25) is 5.91 Å². The third kappa shape index (κ3) is 3.81. The van der Waals surface area contributed by atoms with Crippen LogP contribution in [0.25, 0.3) is 55.8 Å². The van der Waals surface area contributed by atoms with Crippen molar-refractivity contribution in [1.82, 2.24) is 30.1 Å². The molecular formula is C28H20FN7O. The zero-order valence-corrected chi connectivity index (χ0v) is 19.5. The largest absolute Gasteiger partial charge is 0.337 e. The van der Waals surface area contributed by atoms with Crippen molar-refractivity contribution in [1.29, 1.82) is 0 Å². The number of H-pyrrole nitrogens is 2. The Hall–Kier alpha value is -4.92. The zero-order valence-electron chi connectivity index (χ0n) is 19.5. The molecule has 3 N–H and O–H groups in total. The summed E-state index contributed by atoms with van der Waals surface area (Å²) in [6.45, 7) is 0. The van der Waals surface area contributed by atoms with E-state index < -0.39 is 0 Å². The second-order valence-corrected chi connectivity index (χ2v) is 9.18. The average molecular weight is 490 g/mol. The van der Waals surface area contributed by atoms with Gasteiger partial charge < -0.3 is 10.3 Å². The molecule has 1 aliphatic carbocycles. The molecule has 8 nitrogen and oxygen atoms in total. The molecule has 9 heteroatoms. The molecule has 1 fully saturated rings. The van der Waals surface area contributed by atoms with E-state index in [1.807, 2.05) is 36.4 Å². The van der Waals surface area contributed by atoms with Crippen molar-refractivity contribution < 1.29 is 9.18 Å². The number of nitrogens with zero attached hydrogens (tertiary/aromatic N) is 4. The minimum atomic E-state index is -0.301. The number of imidazole rings is 1. The molecule has 0 radical (unpaired) electrons. The number of rotatable bonds is 5. The van der Waals surface area contributed by atoms with Crippen LogP contribution in [0.2, 0.25) is 0 Å². The van der Waals surface area contributed by atoms with E-state index in [0.29, 0.717) is 39.5 Å². The first-order valence-electron chi connectivity index (χ1n) is 12.0. The Labute approximate surface area is 210 Å². The number of amides is 1. The molecule has 0 spiro atoms. The second-order valence-electron chi connectivity index (χ2n) is 9.18. The van der Waals surface area contributed by atoms with Crippen LogP contribution < -0.4 is 5.32 Å². The number of carbonyl (C=O) groups excluding carboxylic acids is 1. The van der Waals surface area contributed by atoms with Crippen LogP contribution in [0.4, 0.5) is 10.1 Å². The highest BCUT2D eigenvalue weighted by Gasteiger charge is 2.29. The standard InChI is InChI=1S/C28H20FN7O/c29-21-6-2-1-4-18(21)19-5-3-7-22-25(19)34-27(33-22)26-20-11-23(31-14-24(20)35-36-26)16-10-17(13-30-12-16)32-28(37)15-8-9-15/h1-7,10-15H,8-9H2,(H,32,37)(H,33,34)(H,35,36). The number of pyridine rings is 2. The minimum Gasteiger partial charge on any atom is -0.337 e. The predicted octanol–water partition coefficient (Wildman–Crippen LogP) is 5.72. The van der Waals surface area contributed by atoms with E-state index in [2.05, 4.69) is 30.5 Å². The van der Waals surface area contributed by atoms with Crippen LogP contribution in [0.3, 0.4) is 0 Å². The monoisotopic (exact) mass is 489 g/mol. The molecule has 6 aromatic rings. The van der Waals surface area contributed by atoms with E-state index in [0.717, 1.165) is 34.8 Å². The number of hydrogen-bond donors (Lipinski definition) is 3. The molecule has 2 aromatic carbocycles. The first kappa shape index (κ1) is 21.4. The van der Waals surface area contributed by atoms with Crippen LogP contribution >= 0.6 is 0 Å². The summed E-state index contributed by atoms with van der Waals surface area (Å²) < 4.78 is 14.5. The highest BCUT2D eigenvalue weighted by atomic mass is 19.1. The Morgan fingerprint density at radius 3 is 2.70 bits per heavy atom. The number of hydrogen-bond acceptors (Lipinski definition) is 5. The highest BCUT2D eigenvalue weighted by molar-refractivity contribution is 5.98. The van der Waals surface area contributed by atoms with Crippen LogP contribution in [0.15, 0.2) is 73.2 Å². The van der Waals surface area contributed by atoms with Gasteiger partial charge in [-0.15, -0.1) is 0 Å². The van der Waals surface area contributed by atoms with Crippen molar-refractivity contribution in [2.24, 2.45) is 5.92 Å². The lowest BCUT2D eigenvalue weighted by Crippen LogP contribution is -2.13. The van der Waals surface area contributed by atoms with Gasteiger partial charge in [-0.3, -0.25) is 19.9 Å². The first-order valence-corrected chi connectivity index (χ1v) is 12.0. The van der Waals surface area contributed by atoms with Crippen LogP contribution in [0.1, 0.15) is 12.8 Å². The van der Waals surface area contributed by atoms with E-state index >= 15 is 0 Å². The molecule has 0 aliphatic heterocycles. The minimum absolute atomic E-state index is 0.0270. The number of para-hydroxylation sites is 1. The summed E-state index contributed by atoms with van der Waals surface area (Å²) in [6, 6.07) is 16.1. The Morgan fingerprint density at radius 2 is 1.84 bits per heavy atom. The van der Waals surface area contributed by atoms with E-state index in [9.17, 15) is 9.18 Å². The van der Waals surface area contributed by atoms with Crippen LogP contribution in [-0.2, 0) is 4.79 Å². The van der Waals surface area contributed by atoms with Gasteiger partial charge in [0.15, 0.2) is 5.82 Å². The summed E-state index contributed by atoms with van der Waals surface area (Å²) in [6.07, 6.45) is 6.92. The SMILES string of the molecule is O=C(Nc1cncc(-c2cc3c(-c4nc5c(-c6ccccc6F)cccc5[nH]4)n[nH]c3cn2)c1)C1CC1. The Balaban J connectivity index is 1.29. The molecule has 37 heavy (non-hydrogen) atoms. The number of aromatic nitrogens is 6. The maximum atomic E-state index is 14.5. The van der Waals surface area contributed by atoms with E-state index in [4.69, 9.17) is 4.98 Å².